The first-order valence-electron chi connectivity index (χ1n) is 14.2. The smallest absolute Gasteiger partial charge is 0.244 e. The first kappa shape index (κ1) is 25.2. The lowest BCUT2D eigenvalue weighted by Crippen LogP contribution is -2.59. The van der Waals surface area contributed by atoms with Gasteiger partial charge in [-0.05, 0) is 45.2 Å². The summed E-state index contributed by atoms with van der Waals surface area (Å²) >= 11 is 0. The Morgan fingerprint density at radius 2 is 1.87 bits per heavy atom. The van der Waals surface area contributed by atoms with Crippen LogP contribution in [0.1, 0.15) is 52.4 Å². The summed E-state index contributed by atoms with van der Waals surface area (Å²) in [7, 11) is 1.99. The van der Waals surface area contributed by atoms with Gasteiger partial charge < -0.3 is 20.4 Å². The Kier molecular flexibility index (Phi) is 6.53. The van der Waals surface area contributed by atoms with E-state index in [0.29, 0.717) is 25.4 Å². The number of aliphatic imine (C=N–C) groups is 1. The van der Waals surface area contributed by atoms with Crippen molar-refractivity contribution in [1.29, 1.82) is 0 Å². The molecule has 1 spiro atoms. The van der Waals surface area contributed by atoms with Crippen LogP contribution in [-0.2, 0) is 9.59 Å². The Hall–Kier alpha value is -3.14. The number of nitrogens with one attached hydrogen (secondary N) is 2. The predicted molar refractivity (Wildman–Crippen MR) is 148 cm³/mol. The van der Waals surface area contributed by atoms with E-state index in [4.69, 9.17) is 9.98 Å². The second-order valence-electron chi connectivity index (χ2n) is 11.7. The zero-order valence-corrected chi connectivity index (χ0v) is 22.8. The van der Waals surface area contributed by atoms with Gasteiger partial charge in [0.05, 0.1) is 11.9 Å². The van der Waals surface area contributed by atoms with E-state index in [2.05, 4.69) is 51.3 Å². The van der Waals surface area contributed by atoms with Gasteiger partial charge >= 0.3 is 0 Å². The summed E-state index contributed by atoms with van der Waals surface area (Å²) in [5.74, 6) is 1.72. The third-order valence-electron chi connectivity index (χ3n) is 9.08. The number of hydrogen-bond acceptors (Lipinski definition) is 8. The molecule has 1 aromatic heterocycles. The Labute approximate surface area is 225 Å². The fourth-order valence-electron chi connectivity index (χ4n) is 6.79. The van der Waals surface area contributed by atoms with Crippen molar-refractivity contribution in [3.8, 4) is 0 Å². The minimum absolute atomic E-state index is 0.0392. The van der Waals surface area contributed by atoms with Crippen LogP contribution in [0, 0.1) is 5.41 Å². The molecule has 0 aromatic carbocycles. The van der Waals surface area contributed by atoms with Crippen molar-refractivity contribution in [1.82, 2.24) is 25.0 Å². The number of carbonyl (C=O) groups excluding carboxylic acids is 2. The lowest BCUT2D eigenvalue weighted by molar-refractivity contribution is -0.151. The summed E-state index contributed by atoms with van der Waals surface area (Å²) in [5, 5.41) is 6.41. The quantitative estimate of drug-likeness (QED) is 0.575. The van der Waals surface area contributed by atoms with Gasteiger partial charge in [-0.3, -0.25) is 19.4 Å². The van der Waals surface area contributed by atoms with Gasteiger partial charge in [0.25, 0.3) is 0 Å². The number of nitrogens with zero attached hydrogens (tertiary/aromatic N) is 6. The zero-order chi connectivity index (χ0) is 26.4. The van der Waals surface area contributed by atoms with E-state index in [9.17, 15) is 9.59 Å². The Morgan fingerprint density at radius 3 is 2.50 bits per heavy atom. The van der Waals surface area contributed by atoms with Crippen LogP contribution in [0.15, 0.2) is 34.7 Å². The lowest BCUT2D eigenvalue weighted by Gasteiger charge is -2.48. The average Bonchev–Trinajstić information content (AvgIpc) is 3.58. The van der Waals surface area contributed by atoms with Crippen LogP contribution in [0.2, 0.25) is 0 Å². The number of anilines is 2. The number of carbonyl (C=O) groups is 2. The van der Waals surface area contributed by atoms with Crippen molar-refractivity contribution in [2.75, 3.05) is 50.0 Å². The molecular weight excluding hydrogens is 480 g/mol. The molecule has 3 fully saturated rings. The number of hydrogen-bond donors (Lipinski definition) is 2. The van der Waals surface area contributed by atoms with Gasteiger partial charge in [0.15, 0.2) is 6.29 Å². The van der Waals surface area contributed by atoms with Crippen molar-refractivity contribution in [3.05, 3.63) is 29.7 Å². The van der Waals surface area contributed by atoms with Crippen molar-refractivity contribution in [2.45, 2.75) is 70.7 Å². The molecular formula is C28H40N8O2. The summed E-state index contributed by atoms with van der Waals surface area (Å²) in [6.07, 6.45) is 8.52. The first-order chi connectivity index (χ1) is 18.4. The van der Waals surface area contributed by atoms with Crippen LogP contribution >= 0.6 is 0 Å². The van der Waals surface area contributed by atoms with E-state index in [-0.39, 0.29) is 24.1 Å². The largest absolute Gasteiger partial charge is 0.355 e. The van der Waals surface area contributed by atoms with Gasteiger partial charge in [-0.15, -0.1) is 0 Å². The fraction of sp³-hybridized carbons (Fsp3) is 0.643. The SMILES string of the molecule is CC(C)N1CCN(c2ccc(NC3N=CC4=C(N3C)N(C3CCCC3)C(=O)C3(CCNC3=O)C4)cn2)CC1. The molecule has 6 rings (SSSR count). The normalized spacial score (nSPS) is 28.6. The summed E-state index contributed by atoms with van der Waals surface area (Å²) in [6.45, 7) is 9.12. The molecule has 1 aromatic rings. The highest BCUT2D eigenvalue weighted by atomic mass is 16.2. The number of pyridine rings is 1. The maximum atomic E-state index is 14.0. The van der Waals surface area contributed by atoms with E-state index in [1.54, 1.807) is 0 Å². The second kappa shape index (κ2) is 9.87. The van der Waals surface area contributed by atoms with Crippen LogP contribution in [-0.4, -0.2) is 95.9 Å². The molecule has 1 saturated carbocycles. The maximum Gasteiger partial charge on any atom is 0.244 e. The molecule has 10 nitrogen and oxygen atoms in total. The van der Waals surface area contributed by atoms with E-state index in [1.165, 1.54) is 0 Å². The number of rotatable bonds is 5. The molecule has 38 heavy (non-hydrogen) atoms. The van der Waals surface area contributed by atoms with Crippen molar-refractivity contribution in [3.63, 3.8) is 0 Å². The molecule has 2 N–H and O–H groups in total. The molecule has 4 aliphatic heterocycles. The van der Waals surface area contributed by atoms with Gasteiger partial charge in [0, 0.05) is 70.1 Å². The molecule has 2 amide bonds. The number of aromatic nitrogens is 1. The van der Waals surface area contributed by atoms with Gasteiger partial charge in [-0.2, -0.15) is 0 Å². The first-order valence-corrected chi connectivity index (χ1v) is 14.2. The topological polar surface area (TPSA) is 96.4 Å². The molecule has 0 bridgehead atoms. The van der Waals surface area contributed by atoms with Crippen LogP contribution < -0.4 is 15.5 Å². The molecule has 0 radical (unpaired) electrons. The Morgan fingerprint density at radius 1 is 1.11 bits per heavy atom. The highest BCUT2D eigenvalue weighted by molar-refractivity contribution is 6.09. The minimum atomic E-state index is -0.991. The molecule has 10 heteroatoms. The van der Waals surface area contributed by atoms with Crippen LogP contribution in [0.3, 0.4) is 0 Å². The third-order valence-corrected chi connectivity index (χ3v) is 9.08. The standard InChI is InChI=1S/C28H40N8O2/c1-19(2)34-12-14-35(15-13-34)23-9-8-21(18-30-23)32-27-31-17-20-16-28(10-11-29-25(28)37)26(38)36(24(20)33(27)3)22-6-4-5-7-22/h8-9,17-19,22,27,32H,4-7,10-16H2,1-3H3,(H,29,37). The van der Waals surface area contributed by atoms with Crippen molar-refractivity contribution in [2.24, 2.45) is 10.4 Å². The summed E-state index contributed by atoms with van der Waals surface area (Å²) in [4.78, 5) is 45.3. The number of piperazine rings is 1. The maximum absolute atomic E-state index is 14.0. The highest BCUT2D eigenvalue weighted by Crippen LogP contribution is 2.46. The van der Waals surface area contributed by atoms with Gasteiger partial charge in [0.1, 0.15) is 17.1 Å². The molecule has 5 heterocycles. The summed E-state index contributed by atoms with van der Waals surface area (Å²) in [5.41, 5.74) is 0.867. The Bertz CT molecular complexity index is 1130. The average molecular weight is 521 g/mol. The van der Waals surface area contributed by atoms with E-state index in [0.717, 1.165) is 74.8 Å². The monoisotopic (exact) mass is 520 g/mol. The highest BCUT2D eigenvalue weighted by Gasteiger charge is 2.57. The summed E-state index contributed by atoms with van der Waals surface area (Å²) < 4.78 is 0. The summed E-state index contributed by atoms with van der Waals surface area (Å²) in [6, 6.07) is 4.83. The van der Waals surface area contributed by atoms with Crippen molar-refractivity contribution >= 4 is 29.5 Å². The molecule has 204 valence electrons. The van der Waals surface area contributed by atoms with Gasteiger partial charge in [0.2, 0.25) is 11.8 Å². The Balaban J connectivity index is 1.19. The molecule has 5 aliphatic rings. The number of amides is 2. The number of allylic oxidation sites excluding steroid dienone is 1. The molecule has 1 aliphatic carbocycles. The lowest BCUT2D eigenvalue weighted by atomic mass is 9.75. The zero-order valence-electron chi connectivity index (χ0n) is 22.8. The second-order valence-corrected chi connectivity index (χ2v) is 11.7. The van der Waals surface area contributed by atoms with Crippen LogP contribution in [0.25, 0.3) is 0 Å². The molecule has 2 saturated heterocycles. The van der Waals surface area contributed by atoms with E-state index < -0.39 is 5.41 Å². The van der Waals surface area contributed by atoms with Gasteiger partial charge in [-0.25, -0.2) is 9.98 Å². The third kappa shape index (κ3) is 4.22. The van der Waals surface area contributed by atoms with Crippen LogP contribution in [0.4, 0.5) is 11.5 Å². The van der Waals surface area contributed by atoms with Crippen LogP contribution in [0.5, 0.6) is 0 Å². The van der Waals surface area contributed by atoms with E-state index >= 15 is 0 Å². The minimum Gasteiger partial charge on any atom is -0.355 e. The van der Waals surface area contributed by atoms with Crippen molar-refractivity contribution < 1.29 is 9.59 Å². The fourth-order valence-corrected chi connectivity index (χ4v) is 6.79. The van der Waals surface area contributed by atoms with Gasteiger partial charge in [-0.1, -0.05) is 12.8 Å². The van der Waals surface area contributed by atoms with E-state index in [1.807, 2.05) is 24.4 Å². The predicted octanol–water partition coefficient (Wildman–Crippen LogP) is 2.22. The molecule has 2 atom stereocenters. The molecule has 2 unspecified atom stereocenters.